The maximum absolute atomic E-state index is 11.0. The molecular weight excluding hydrogens is 540 g/mol. The molecule has 2 saturated heterocycles. The highest BCUT2D eigenvalue weighted by Crippen LogP contribution is 2.54. The zero-order valence-corrected chi connectivity index (χ0v) is 29.7. The third-order valence-corrected chi connectivity index (χ3v) is 12.0. The van der Waals surface area contributed by atoms with Crippen LogP contribution in [0.3, 0.4) is 0 Å². The highest BCUT2D eigenvalue weighted by molar-refractivity contribution is 5.42. The van der Waals surface area contributed by atoms with Gasteiger partial charge in [-0.2, -0.15) is 0 Å². The Kier molecular flexibility index (Phi) is 10.9. The number of hydrogen-bond acceptors (Lipinski definition) is 7. The number of nitrogens with zero attached hydrogens (tertiary/aromatic N) is 2. The van der Waals surface area contributed by atoms with E-state index in [0.717, 1.165) is 61.6 Å². The molecule has 2 atom stereocenters. The predicted octanol–water partition coefficient (Wildman–Crippen LogP) is 8.24. The van der Waals surface area contributed by atoms with Crippen molar-refractivity contribution >= 4 is 0 Å². The van der Waals surface area contributed by atoms with E-state index in [4.69, 9.17) is 9.78 Å². The molecular formula is C36H64N2O5. The topological polar surface area (TPSA) is 85.6 Å². The van der Waals surface area contributed by atoms with E-state index in [1.807, 2.05) is 13.8 Å². The standard InChI is InChI=1S/C36H64N2O5/c1-14-15-16-36(19-26-17-24(2)29(39)25(3)18-26,30(42-40)27-20-32(4,5)37(12)33(6,7)21-27)31(43-41)28-22-34(8,9)38(13)35(10,11)23-28/h17-18,27-28,30-31,39-41H,14-16,19-23H2,1-13H3. The van der Waals surface area contributed by atoms with E-state index < -0.39 is 17.6 Å². The number of phenols is 1. The van der Waals surface area contributed by atoms with Crippen LogP contribution in [-0.4, -0.2) is 73.9 Å². The van der Waals surface area contributed by atoms with Gasteiger partial charge in [-0.25, -0.2) is 9.78 Å². The molecule has 2 unspecified atom stereocenters. The lowest BCUT2D eigenvalue weighted by Crippen LogP contribution is -2.65. The summed E-state index contributed by atoms with van der Waals surface area (Å²) in [5.41, 5.74) is 1.53. The highest BCUT2D eigenvalue weighted by Gasteiger charge is 2.58. The number of likely N-dealkylation sites (tertiary alicyclic amines) is 2. The number of aromatic hydroxyl groups is 1. The average Bonchev–Trinajstić information content (AvgIpc) is 2.87. The van der Waals surface area contributed by atoms with E-state index in [9.17, 15) is 15.6 Å². The Bertz CT molecular complexity index is 988. The first kappa shape index (κ1) is 36.3. The van der Waals surface area contributed by atoms with Gasteiger partial charge in [0.05, 0.1) is 0 Å². The number of rotatable bonds is 11. The van der Waals surface area contributed by atoms with Crippen molar-refractivity contribution < 1.29 is 25.4 Å². The van der Waals surface area contributed by atoms with Gasteiger partial charge in [-0.05, 0) is 150 Å². The third-order valence-electron chi connectivity index (χ3n) is 12.0. The second-order valence-corrected chi connectivity index (χ2v) is 16.8. The van der Waals surface area contributed by atoms with Gasteiger partial charge in [-0.15, -0.1) is 0 Å². The van der Waals surface area contributed by atoms with Crippen LogP contribution >= 0.6 is 0 Å². The number of piperidine rings is 2. The van der Waals surface area contributed by atoms with Gasteiger partial charge in [0.1, 0.15) is 18.0 Å². The quantitative estimate of drug-likeness (QED) is 0.173. The van der Waals surface area contributed by atoms with Crippen LogP contribution in [0.25, 0.3) is 0 Å². The summed E-state index contributed by atoms with van der Waals surface area (Å²) in [5, 5.41) is 32.7. The summed E-state index contributed by atoms with van der Waals surface area (Å²) in [5.74, 6) is 0.380. The Labute approximate surface area is 262 Å². The minimum absolute atomic E-state index is 0.0345. The van der Waals surface area contributed by atoms with Crippen molar-refractivity contribution in [1.82, 2.24) is 9.80 Å². The van der Waals surface area contributed by atoms with Gasteiger partial charge in [0.15, 0.2) is 0 Å². The molecule has 7 heteroatoms. The molecule has 3 rings (SSSR count). The average molecular weight is 605 g/mol. The van der Waals surface area contributed by atoms with E-state index in [1.54, 1.807) is 0 Å². The van der Waals surface area contributed by atoms with Crippen molar-refractivity contribution in [3.63, 3.8) is 0 Å². The summed E-state index contributed by atoms with van der Waals surface area (Å²) in [7, 11) is 4.39. The fourth-order valence-corrected chi connectivity index (χ4v) is 9.42. The summed E-state index contributed by atoms with van der Waals surface area (Å²) in [4.78, 5) is 16.4. The largest absolute Gasteiger partial charge is 0.507 e. The number of aryl methyl sites for hydroxylation is 2. The molecule has 0 amide bonds. The minimum Gasteiger partial charge on any atom is -0.507 e. The van der Waals surface area contributed by atoms with E-state index in [1.165, 1.54) is 0 Å². The van der Waals surface area contributed by atoms with Crippen molar-refractivity contribution in [2.75, 3.05) is 14.1 Å². The van der Waals surface area contributed by atoms with Gasteiger partial charge < -0.3 is 5.11 Å². The molecule has 2 heterocycles. The Morgan fingerprint density at radius 1 is 0.767 bits per heavy atom. The normalized spacial score (nSPS) is 25.7. The van der Waals surface area contributed by atoms with Crippen molar-refractivity contribution in [2.24, 2.45) is 17.3 Å². The first-order valence-corrected chi connectivity index (χ1v) is 16.6. The van der Waals surface area contributed by atoms with Crippen molar-refractivity contribution in [2.45, 2.75) is 162 Å². The summed E-state index contributed by atoms with van der Waals surface area (Å²) >= 11 is 0. The number of hydrogen-bond donors (Lipinski definition) is 3. The SMILES string of the molecule is CCCCC(Cc1cc(C)c(O)c(C)c1)(C(OO)C1CC(C)(C)N(C)C(C)(C)C1)C(OO)C1CC(C)(C)N(C)C(C)(C)C1. The molecule has 1 aromatic carbocycles. The zero-order chi connectivity index (χ0) is 32.8. The summed E-state index contributed by atoms with van der Waals surface area (Å²) in [6.07, 6.45) is 5.45. The van der Waals surface area contributed by atoms with Crippen molar-refractivity contribution in [1.29, 1.82) is 0 Å². The first-order chi connectivity index (χ1) is 19.7. The second kappa shape index (κ2) is 12.9. The van der Waals surface area contributed by atoms with Crippen LogP contribution in [0.4, 0.5) is 0 Å². The lowest BCUT2D eigenvalue weighted by molar-refractivity contribution is -0.377. The Balaban J connectivity index is 2.28. The molecule has 0 aliphatic carbocycles. The molecule has 1 aromatic rings. The summed E-state index contributed by atoms with van der Waals surface area (Å²) < 4.78 is 0. The number of benzene rings is 1. The monoisotopic (exact) mass is 604 g/mol. The molecule has 3 N–H and O–H groups in total. The molecule has 248 valence electrons. The van der Waals surface area contributed by atoms with E-state index >= 15 is 0 Å². The van der Waals surface area contributed by atoms with Gasteiger partial charge in [-0.1, -0.05) is 31.9 Å². The van der Waals surface area contributed by atoms with Crippen LogP contribution in [0.2, 0.25) is 0 Å². The summed E-state index contributed by atoms with van der Waals surface area (Å²) in [6.45, 7) is 24.3. The van der Waals surface area contributed by atoms with Gasteiger partial charge in [0.25, 0.3) is 0 Å². The Morgan fingerprint density at radius 3 is 1.42 bits per heavy atom. The molecule has 2 aliphatic rings. The lowest BCUT2D eigenvalue weighted by atomic mass is 9.57. The lowest BCUT2D eigenvalue weighted by Gasteiger charge is -2.59. The van der Waals surface area contributed by atoms with Gasteiger partial charge in [0, 0.05) is 27.6 Å². The van der Waals surface area contributed by atoms with Gasteiger partial charge >= 0.3 is 0 Å². The second-order valence-electron chi connectivity index (χ2n) is 16.8. The molecule has 0 bridgehead atoms. The van der Waals surface area contributed by atoms with Gasteiger partial charge in [0.2, 0.25) is 0 Å². The molecule has 0 spiro atoms. The van der Waals surface area contributed by atoms with E-state index in [0.29, 0.717) is 12.2 Å². The smallest absolute Gasteiger partial charge is 0.121 e. The van der Waals surface area contributed by atoms with E-state index in [-0.39, 0.29) is 34.0 Å². The van der Waals surface area contributed by atoms with Crippen LogP contribution in [-0.2, 0) is 16.2 Å². The number of unbranched alkanes of at least 4 members (excludes halogenated alkanes) is 1. The number of phenolic OH excluding ortho intramolecular Hbond substituents is 1. The third kappa shape index (κ3) is 7.12. The maximum Gasteiger partial charge on any atom is 0.121 e. The van der Waals surface area contributed by atoms with Gasteiger partial charge in [-0.3, -0.25) is 20.3 Å². The zero-order valence-electron chi connectivity index (χ0n) is 29.7. The molecule has 0 aromatic heterocycles. The van der Waals surface area contributed by atoms with Crippen LogP contribution in [0.5, 0.6) is 5.75 Å². The van der Waals surface area contributed by atoms with Crippen LogP contribution in [0.1, 0.15) is 124 Å². The molecule has 7 nitrogen and oxygen atoms in total. The minimum atomic E-state index is -0.727. The fourth-order valence-electron chi connectivity index (χ4n) is 9.42. The Morgan fingerprint density at radius 2 is 1.12 bits per heavy atom. The van der Waals surface area contributed by atoms with Crippen LogP contribution in [0.15, 0.2) is 12.1 Å². The van der Waals surface area contributed by atoms with Crippen LogP contribution in [0, 0.1) is 31.1 Å². The van der Waals surface area contributed by atoms with E-state index in [2.05, 4.69) is 98.3 Å². The van der Waals surface area contributed by atoms with Crippen LogP contribution < -0.4 is 0 Å². The molecule has 43 heavy (non-hydrogen) atoms. The molecule has 2 aliphatic heterocycles. The Hall–Kier alpha value is -1.22. The first-order valence-electron chi connectivity index (χ1n) is 16.6. The fraction of sp³-hybridized carbons (Fsp3) is 0.833. The van der Waals surface area contributed by atoms with Crippen molar-refractivity contribution in [3.05, 3.63) is 28.8 Å². The molecule has 0 radical (unpaired) electrons. The highest BCUT2D eigenvalue weighted by atomic mass is 17.1. The van der Waals surface area contributed by atoms with Crippen molar-refractivity contribution in [3.8, 4) is 5.75 Å². The maximum atomic E-state index is 11.0. The molecule has 2 fully saturated rings. The predicted molar refractivity (Wildman–Crippen MR) is 176 cm³/mol. The molecule has 0 saturated carbocycles. The summed E-state index contributed by atoms with van der Waals surface area (Å²) in [6, 6.07) is 4.11.